The van der Waals surface area contributed by atoms with Crippen LogP contribution in [0.2, 0.25) is 5.02 Å². The van der Waals surface area contributed by atoms with Crippen molar-refractivity contribution in [3.63, 3.8) is 0 Å². The zero-order chi connectivity index (χ0) is 11.4. The van der Waals surface area contributed by atoms with Crippen LogP contribution in [0.15, 0.2) is 6.07 Å². The molecule has 2 rings (SSSR count). The molecular weight excluding hydrogens is 220 g/mol. The first-order valence-electron chi connectivity index (χ1n) is 4.78. The lowest BCUT2D eigenvalue weighted by molar-refractivity contribution is 0.473. The fourth-order valence-corrected chi connectivity index (χ4v) is 2.86. The molecule has 1 aromatic carbocycles. The summed E-state index contributed by atoms with van der Waals surface area (Å²) in [5, 5.41) is 0.266. The molecule has 82 valence electrons. The van der Waals surface area contributed by atoms with Crippen molar-refractivity contribution < 1.29 is 8.78 Å². The molecule has 0 bridgehead atoms. The molecule has 0 amide bonds. The van der Waals surface area contributed by atoms with Gasteiger partial charge in [-0.3, -0.25) is 0 Å². The number of nitrogens with two attached hydrogens (primary N) is 1. The SMILES string of the molecule is CC1(C)C[C@H](N)c2c(F)c(F)cc(Cl)c21. The van der Waals surface area contributed by atoms with Crippen molar-refractivity contribution in [2.45, 2.75) is 31.7 Å². The molecule has 1 aliphatic rings. The zero-order valence-electron chi connectivity index (χ0n) is 8.57. The van der Waals surface area contributed by atoms with Gasteiger partial charge in [-0.1, -0.05) is 25.4 Å². The number of halogens is 3. The minimum Gasteiger partial charge on any atom is -0.324 e. The van der Waals surface area contributed by atoms with Gasteiger partial charge in [0.05, 0.1) is 0 Å². The van der Waals surface area contributed by atoms with Crippen LogP contribution in [-0.2, 0) is 5.41 Å². The van der Waals surface area contributed by atoms with E-state index >= 15 is 0 Å². The van der Waals surface area contributed by atoms with Crippen molar-refractivity contribution in [2.75, 3.05) is 0 Å². The van der Waals surface area contributed by atoms with E-state index in [0.29, 0.717) is 12.0 Å². The number of hydrogen-bond donors (Lipinski definition) is 1. The van der Waals surface area contributed by atoms with Crippen LogP contribution in [0.3, 0.4) is 0 Å². The van der Waals surface area contributed by atoms with Crippen molar-refractivity contribution >= 4 is 11.6 Å². The lowest BCUT2D eigenvalue weighted by atomic mass is 9.86. The van der Waals surface area contributed by atoms with E-state index in [-0.39, 0.29) is 16.0 Å². The van der Waals surface area contributed by atoms with Gasteiger partial charge in [-0.25, -0.2) is 8.78 Å². The van der Waals surface area contributed by atoms with E-state index < -0.39 is 17.7 Å². The Kier molecular flexibility index (Phi) is 2.28. The molecule has 1 aromatic rings. The lowest BCUT2D eigenvalue weighted by Crippen LogP contribution is -2.14. The monoisotopic (exact) mass is 231 g/mol. The summed E-state index contributed by atoms with van der Waals surface area (Å²) in [6.45, 7) is 3.86. The van der Waals surface area contributed by atoms with E-state index in [0.717, 1.165) is 6.07 Å². The summed E-state index contributed by atoms with van der Waals surface area (Å²) in [5.74, 6) is -1.78. The van der Waals surface area contributed by atoms with Gasteiger partial charge in [-0.15, -0.1) is 0 Å². The van der Waals surface area contributed by atoms with Gasteiger partial charge in [-0.2, -0.15) is 0 Å². The molecular formula is C11H12ClF2N. The highest BCUT2D eigenvalue weighted by Crippen LogP contribution is 2.48. The van der Waals surface area contributed by atoms with Gasteiger partial charge in [0.1, 0.15) is 0 Å². The number of benzene rings is 1. The maximum Gasteiger partial charge on any atom is 0.163 e. The highest BCUT2D eigenvalue weighted by atomic mass is 35.5. The first-order valence-corrected chi connectivity index (χ1v) is 5.16. The minimum atomic E-state index is -0.924. The molecule has 0 aromatic heterocycles. The van der Waals surface area contributed by atoms with Crippen LogP contribution in [0.25, 0.3) is 0 Å². The molecule has 0 radical (unpaired) electrons. The van der Waals surface area contributed by atoms with E-state index in [4.69, 9.17) is 17.3 Å². The maximum atomic E-state index is 13.6. The molecule has 0 saturated heterocycles. The standard InChI is InChI=1S/C11H12ClF2N/c1-11(2)4-7(15)8-9(11)5(12)3-6(13)10(8)14/h3,7H,4,15H2,1-2H3/t7-/m0/s1. The highest BCUT2D eigenvalue weighted by molar-refractivity contribution is 6.31. The molecule has 1 atom stereocenters. The van der Waals surface area contributed by atoms with Crippen LogP contribution >= 0.6 is 11.6 Å². The quantitative estimate of drug-likeness (QED) is 0.682. The number of rotatable bonds is 0. The Hall–Kier alpha value is -0.670. The summed E-state index contributed by atoms with van der Waals surface area (Å²) in [4.78, 5) is 0. The summed E-state index contributed by atoms with van der Waals surface area (Å²) in [6, 6.07) is 0.554. The van der Waals surface area contributed by atoms with E-state index in [1.165, 1.54) is 0 Å². The highest BCUT2D eigenvalue weighted by Gasteiger charge is 2.40. The van der Waals surface area contributed by atoms with E-state index in [2.05, 4.69) is 0 Å². The van der Waals surface area contributed by atoms with Crippen LogP contribution in [0.5, 0.6) is 0 Å². The first kappa shape index (κ1) is 10.8. The molecule has 0 heterocycles. The van der Waals surface area contributed by atoms with Crippen molar-refractivity contribution in [2.24, 2.45) is 5.73 Å². The van der Waals surface area contributed by atoms with Crippen molar-refractivity contribution in [3.05, 3.63) is 33.9 Å². The fourth-order valence-electron chi connectivity index (χ4n) is 2.40. The summed E-state index contributed by atoms with van der Waals surface area (Å²) in [6.07, 6.45) is 0.586. The van der Waals surface area contributed by atoms with Crippen LogP contribution in [0, 0.1) is 11.6 Å². The Bertz CT molecular complexity index is 429. The summed E-state index contributed by atoms with van der Waals surface area (Å²) in [7, 11) is 0. The van der Waals surface area contributed by atoms with Crippen LogP contribution in [0.4, 0.5) is 8.78 Å². The normalized spacial score (nSPS) is 22.9. The maximum absolute atomic E-state index is 13.6. The third-order valence-corrected chi connectivity index (χ3v) is 3.28. The average Bonchev–Trinajstić information content (AvgIpc) is 2.32. The Morgan fingerprint density at radius 1 is 1.47 bits per heavy atom. The fraction of sp³-hybridized carbons (Fsp3) is 0.455. The average molecular weight is 232 g/mol. The second kappa shape index (κ2) is 3.16. The predicted molar refractivity (Wildman–Crippen MR) is 55.9 cm³/mol. The van der Waals surface area contributed by atoms with Crippen molar-refractivity contribution in [1.29, 1.82) is 0 Å². The molecule has 0 aliphatic heterocycles. The molecule has 4 heteroatoms. The summed E-state index contributed by atoms with van der Waals surface area (Å²) >= 11 is 5.93. The Morgan fingerprint density at radius 3 is 2.67 bits per heavy atom. The lowest BCUT2D eigenvalue weighted by Gasteiger charge is -2.20. The summed E-state index contributed by atoms with van der Waals surface area (Å²) < 4.78 is 26.7. The van der Waals surface area contributed by atoms with Gasteiger partial charge >= 0.3 is 0 Å². The number of hydrogen-bond acceptors (Lipinski definition) is 1. The summed E-state index contributed by atoms with van der Waals surface area (Å²) in [5.41, 5.74) is 6.39. The largest absolute Gasteiger partial charge is 0.324 e. The van der Waals surface area contributed by atoms with Gasteiger partial charge < -0.3 is 5.73 Å². The van der Waals surface area contributed by atoms with Gasteiger partial charge in [-0.05, 0) is 23.5 Å². The molecule has 0 saturated carbocycles. The van der Waals surface area contributed by atoms with Gasteiger partial charge in [0, 0.05) is 16.6 Å². The van der Waals surface area contributed by atoms with Crippen LogP contribution in [0.1, 0.15) is 37.4 Å². The molecule has 15 heavy (non-hydrogen) atoms. The molecule has 1 aliphatic carbocycles. The van der Waals surface area contributed by atoms with E-state index in [9.17, 15) is 8.78 Å². The predicted octanol–water partition coefficient (Wildman–Crippen LogP) is 3.30. The van der Waals surface area contributed by atoms with Crippen molar-refractivity contribution in [3.8, 4) is 0 Å². The van der Waals surface area contributed by atoms with Crippen LogP contribution in [-0.4, -0.2) is 0 Å². The molecule has 2 N–H and O–H groups in total. The Labute approximate surface area is 92.2 Å². The Morgan fingerprint density at radius 2 is 2.07 bits per heavy atom. The van der Waals surface area contributed by atoms with Gasteiger partial charge in [0.15, 0.2) is 11.6 Å². The van der Waals surface area contributed by atoms with E-state index in [1.807, 2.05) is 13.8 Å². The zero-order valence-corrected chi connectivity index (χ0v) is 9.33. The third kappa shape index (κ3) is 1.45. The van der Waals surface area contributed by atoms with Gasteiger partial charge in [0.25, 0.3) is 0 Å². The second-order valence-electron chi connectivity index (χ2n) is 4.64. The Balaban J connectivity index is 2.78. The first-order chi connectivity index (χ1) is 6.84. The van der Waals surface area contributed by atoms with Gasteiger partial charge in [0.2, 0.25) is 0 Å². The van der Waals surface area contributed by atoms with E-state index in [1.54, 1.807) is 0 Å². The molecule has 0 unspecified atom stereocenters. The minimum absolute atomic E-state index is 0.241. The smallest absolute Gasteiger partial charge is 0.163 e. The molecule has 0 spiro atoms. The topological polar surface area (TPSA) is 26.0 Å². The molecule has 1 nitrogen and oxygen atoms in total. The molecule has 0 fully saturated rings. The van der Waals surface area contributed by atoms with Crippen molar-refractivity contribution in [1.82, 2.24) is 0 Å². The second-order valence-corrected chi connectivity index (χ2v) is 5.04. The number of fused-ring (bicyclic) bond motifs is 1. The van der Waals surface area contributed by atoms with Crippen LogP contribution < -0.4 is 5.73 Å². The third-order valence-electron chi connectivity index (χ3n) is 2.99.